The summed E-state index contributed by atoms with van der Waals surface area (Å²) in [5.74, 6) is -0.714. The number of halogens is 2. The average molecular weight is 433 g/mol. The third-order valence-corrected chi connectivity index (χ3v) is 5.88. The third-order valence-electron chi connectivity index (χ3n) is 4.64. The van der Waals surface area contributed by atoms with Crippen molar-refractivity contribution in [3.05, 3.63) is 29.2 Å². The van der Waals surface area contributed by atoms with Crippen molar-refractivity contribution in [2.45, 2.75) is 20.8 Å². The first-order valence-electron chi connectivity index (χ1n) is 9.09. The molecule has 0 saturated heterocycles. The Bertz CT molecular complexity index is 1230. The van der Waals surface area contributed by atoms with Crippen LogP contribution in [0.2, 0.25) is 5.02 Å². The topological polar surface area (TPSA) is 86.8 Å². The Hall–Kier alpha value is -2.78. The van der Waals surface area contributed by atoms with Crippen molar-refractivity contribution in [2.75, 3.05) is 23.3 Å². The van der Waals surface area contributed by atoms with Gasteiger partial charge in [0.15, 0.2) is 10.9 Å². The summed E-state index contributed by atoms with van der Waals surface area (Å²) >= 11 is 7.74. The fraction of sp³-hybridized carbons (Fsp3) is 0.263. The quantitative estimate of drug-likeness (QED) is 0.471. The van der Waals surface area contributed by atoms with Gasteiger partial charge in [-0.2, -0.15) is 5.10 Å². The van der Waals surface area contributed by atoms with E-state index in [1.54, 1.807) is 18.3 Å². The summed E-state index contributed by atoms with van der Waals surface area (Å²) in [7, 11) is 0. The minimum atomic E-state index is -0.507. The van der Waals surface area contributed by atoms with Gasteiger partial charge in [0.25, 0.3) is 0 Å². The Morgan fingerprint density at radius 1 is 1.31 bits per heavy atom. The highest BCUT2D eigenvalue weighted by Gasteiger charge is 2.24. The number of nitrogens with one attached hydrogen (secondary N) is 2. The zero-order valence-corrected chi connectivity index (χ0v) is 17.6. The number of H-pyrrole nitrogens is 1. The molecule has 1 amide bonds. The van der Waals surface area contributed by atoms with Crippen LogP contribution in [0.1, 0.15) is 20.8 Å². The minimum absolute atomic E-state index is 0.000695. The number of fused-ring (bicyclic) bond motifs is 2. The number of hydrogen-bond acceptors (Lipinski definition) is 6. The van der Waals surface area contributed by atoms with Crippen LogP contribution < -0.4 is 10.2 Å². The van der Waals surface area contributed by atoms with Gasteiger partial charge in [0.2, 0.25) is 5.91 Å². The molecule has 0 aliphatic heterocycles. The van der Waals surface area contributed by atoms with E-state index in [0.29, 0.717) is 56.4 Å². The number of anilines is 2. The molecule has 29 heavy (non-hydrogen) atoms. The maximum absolute atomic E-state index is 15.3. The number of nitrogens with zero attached hydrogens (tertiary/aromatic N) is 4. The van der Waals surface area contributed by atoms with Crippen molar-refractivity contribution >= 4 is 60.9 Å². The van der Waals surface area contributed by atoms with Gasteiger partial charge in [-0.25, -0.2) is 14.4 Å². The number of amides is 1. The lowest BCUT2D eigenvalue weighted by Gasteiger charge is -2.23. The van der Waals surface area contributed by atoms with Crippen LogP contribution in [0.15, 0.2) is 18.3 Å². The number of aromatic amines is 1. The lowest BCUT2D eigenvalue weighted by Crippen LogP contribution is -2.23. The first-order valence-corrected chi connectivity index (χ1v) is 10.3. The second-order valence-electron chi connectivity index (χ2n) is 6.40. The second kappa shape index (κ2) is 7.57. The number of hydrogen-bond donors (Lipinski definition) is 2. The predicted molar refractivity (Wildman–Crippen MR) is 115 cm³/mol. The second-order valence-corrected chi connectivity index (χ2v) is 7.76. The summed E-state index contributed by atoms with van der Waals surface area (Å²) < 4.78 is 15.3. The van der Waals surface area contributed by atoms with Crippen LogP contribution in [0.4, 0.5) is 15.2 Å². The summed E-state index contributed by atoms with van der Waals surface area (Å²) in [5, 5.41) is 10.8. The van der Waals surface area contributed by atoms with Crippen LogP contribution >= 0.6 is 22.9 Å². The first kappa shape index (κ1) is 19.5. The highest BCUT2D eigenvalue weighted by Crippen LogP contribution is 2.42. The lowest BCUT2D eigenvalue weighted by atomic mass is 10.0. The molecule has 0 bridgehead atoms. The van der Waals surface area contributed by atoms with Gasteiger partial charge in [-0.05, 0) is 26.0 Å². The molecule has 0 aliphatic carbocycles. The average Bonchev–Trinajstić information content (AvgIpc) is 3.31. The van der Waals surface area contributed by atoms with E-state index in [0.717, 1.165) is 0 Å². The molecule has 150 valence electrons. The monoisotopic (exact) mass is 432 g/mol. The normalized spacial score (nSPS) is 11.3. The van der Waals surface area contributed by atoms with Gasteiger partial charge in [0, 0.05) is 31.0 Å². The Balaban J connectivity index is 1.92. The zero-order chi connectivity index (χ0) is 20.7. The predicted octanol–water partition coefficient (Wildman–Crippen LogP) is 4.83. The molecule has 3 aromatic heterocycles. The number of rotatable bonds is 5. The highest BCUT2D eigenvalue weighted by molar-refractivity contribution is 7.22. The molecule has 0 saturated carbocycles. The Morgan fingerprint density at radius 3 is 2.76 bits per heavy atom. The number of thiazole rings is 1. The van der Waals surface area contributed by atoms with Crippen molar-refractivity contribution in [1.82, 2.24) is 20.2 Å². The highest BCUT2D eigenvalue weighted by atomic mass is 35.5. The van der Waals surface area contributed by atoms with Crippen LogP contribution in [0, 0.1) is 5.82 Å². The standard InChI is InChI=1S/C19H18ClFN6OS/c1-4-27(5-2)17-15(21)14(20)13(10-8-22-26-16(10)17)11-6-7-12-18(24-11)29-19(25-12)23-9(3)28/h6-8H,4-5H2,1-3H3,(H,22,26)(H,23,25,28). The smallest absolute Gasteiger partial charge is 0.223 e. The molecule has 1 aromatic carbocycles. The van der Waals surface area contributed by atoms with Crippen molar-refractivity contribution in [1.29, 1.82) is 0 Å². The van der Waals surface area contributed by atoms with Gasteiger partial charge >= 0.3 is 0 Å². The van der Waals surface area contributed by atoms with Crippen LogP contribution in [-0.4, -0.2) is 39.2 Å². The van der Waals surface area contributed by atoms with Crippen LogP contribution in [0.5, 0.6) is 0 Å². The molecule has 4 rings (SSSR count). The molecule has 10 heteroatoms. The summed E-state index contributed by atoms with van der Waals surface area (Å²) in [4.78, 5) is 22.7. The lowest BCUT2D eigenvalue weighted by molar-refractivity contribution is -0.114. The fourth-order valence-corrected chi connectivity index (χ4v) is 4.52. The van der Waals surface area contributed by atoms with Gasteiger partial charge in [-0.15, -0.1) is 0 Å². The van der Waals surface area contributed by atoms with E-state index in [1.165, 1.54) is 18.3 Å². The molecule has 4 aromatic rings. The molecule has 2 N–H and O–H groups in total. The Labute approximate surface area is 174 Å². The van der Waals surface area contributed by atoms with Gasteiger partial charge in [0.1, 0.15) is 16.0 Å². The maximum atomic E-state index is 15.3. The number of benzene rings is 1. The van der Waals surface area contributed by atoms with E-state index in [4.69, 9.17) is 11.6 Å². The molecule has 0 radical (unpaired) electrons. The van der Waals surface area contributed by atoms with Crippen molar-refractivity contribution in [2.24, 2.45) is 0 Å². The largest absolute Gasteiger partial charge is 0.368 e. The third kappa shape index (κ3) is 3.30. The van der Waals surface area contributed by atoms with Crippen LogP contribution in [-0.2, 0) is 4.79 Å². The van der Waals surface area contributed by atoms with E-state index in [9.17, 15) is 4.79 Å². The van der Waals surface area contributed by atoms with Crippen molar-refractivity contribution in [3.63, 3.8) is 0 Å². The number of aromatic nitrogens is 4. The zero-order valence-electron chi connectivity index (χ0n) is 16.0. The number of pyridine rings is 1. The summed E-state index contributed by atoms with van der Waals surface area (Å²) in [6.07, 6.45) is 1.63. The van der Waals surface area contributed by atoms with Gasteiger partial charge in [-0.1, -0.05) is 22.9 Å². The molecule has 0 atom stereocenters. The molecule has 3 heterocycles. The molecule has 7 nitrogen and oxygen atoms in total. The van der Waals surface area contributed by atoms with E-state index < -0.39 is 5.82 Å². The molecular formula is C19H18ClFN6OS. The van der Waals surface area contributed by atoms with E-state index in [-0.39, 0.29) is 10.9 Å². The summed E-state index contributed by atoms with van der Waals surface area (Å²) in [6, 6.07) is 3.52. The van der Waals surface area contributed by atoms with E-state index in [2.05, 4.69) is 25.5 Å². The van der Waals surface area contributed by atoms with Crippen LogP contribution in [0.3, 0.4) is 0 Å². The van der Waals surface area contributed by atoms with Crippen molar-refractivity contribution in [3.8, 4) is 11.3 Å². The first-order chi connectivity index (χ1) is 13.9. The fourth-order valence-electron chi connectivity index (χ4n) is 3.35. The molecule has 0 fully saturated rings. The van der Waals surface area contributed by atoms with Crippen LogP contribution in [0.25, 0.3) is 32.5 Å². The molecule has 0 aliphatic rings. The number of carbonyl (C=O) groups is 1. The van der Waals surface area contributed by atoms with E-state index in [1.807, 2.05) is 18.7 Å². The Kier molecular flexibility index (Phi) is 5.10. The van der Waals surface area contributed by atoms with Gasteiger partial charge < -0.3 is 10.2 Å². The summed E-state index contributed by atoms with van der Waals surface area (Å²) in [5.41, 5.74) is 2.61. The molecule has 0 unspecified atom stereocenters. The SMILES string of the molecule is CCN(CC)c1c(F)c(Cl)c(-c2ccc3nc(NC(C)=O)sc3n2)c2cn[nH]c12. The number of carbonyl (C=O) groups excluding carboxylic acids is 1. The Morgan fingerprint density at radius 2 is 2.07 bits per heavy atom. The summed E-state index contributed by atoms with van der Waals surface area (Å²) in [6.45, 7) is 6.60. The van der Waals surface area contributed by atoms with Gasteiger partial charge in [0.05, 0.1) is 22.4 Å². The van der Waals surface area contributed by atoms with Crippen molar-refractivity contribution < 1.29 is 9.18 Å². The van der Waals surface area contributed by atoms with E-state index >= 15 is 4.39 Å². The minimum Gasteiger partial charge on any atom is -0.368 e. The molecule has 0 spiro atoms. The van der Waals surface area contributed by atoms with Gasteiger partial charge in [-0.3, -0.25) is 9.89 Å². The maximum Gasteiger partial charge on any atom is 0.223 e. The molecular weight excluding hydrogens is 415 g/mol.